The van der Waals surface area contributed by atoms with E-state index in [-0.39, 0.29) is 11.6 Å². The van der Waals surface area contributed by atoms with E-state index in [1.807, 2.05) is 24.3 Å². The third kappa shape index (κ3) is 4.60. The van der Waals surface area contributed by atoms with E-state index >= 15 is 0 Å². The van der Waals surface area contributed by atoms with Gasteiger partial charge in [-0.15, -0.1) is 5.10 Å². The van der Waals surface area contributed by atoms with Crippen LogP contribution in [0.4, 0.5) is 0 Å². The van der Waals surface area contributed by atoms with Crippen molar-refractivity contribution in [1.29, 1.82) is 0 Å². The lowest BCUT2D eigenvalue weighted by molar-refractivity contribution is 0.109. The van der Waals surface area contributed by atoms with Crippen LogP contribution in [0, 0.1) is 0 Å². The summed E-state index contributed by atoms with van der Waals surface area (Å²) < 4.78 is 7.42. The number of nitrogens with one attached hydrogen (secondary N) is 1. The van der Waals surface area contributed by atoms with E-state index < -0.39 is 0 Å². The summed E-state index contributed by atoms with van der Waals surface area (Å²) in [6.07, 6.45) is 11.8. The molecule has 1 aromatic carbocycles. The first-order chi connectivity index (χ1) is 16.7. The monoisotopic (exact) mass is 464 g/mol. The molecule has 2 heterocycles. The van der Waals surface area contributed by atoms with E-state index in [9.17, 15) is 4.79 Å². The Hall–Kier alpha value is -2.74. The topological polar surface area (TPSA) is 88.9 Å². The molecular weight excluding hydrogens is 428 g/mol. The molecule has 3 aromatic rings. The third-order valence-corrected chi connectivity index (χ3v) is 7.80. The Morgan fingerprint density at radius 2 is 1.88 bits per heavy atom. The number of nitrogens with zero attached hydrogens (tertiary/aromatic N) is 5. The Morgan fingerprint density at radius 1 is 1.12 bits per heavy atom. The molecule has 1 N–H and O–H groups in total. The molecular formula is C26H36N6O2. The molecule has 0 spiro atoms. The lowest BCUT2D eigenvalue weighted by Crippen LogP contribution is -2.39. The van der Waals surface area contributed by atoms with Crippen LogP contribution in [0.25, 0.3) is 10.9 Å². The molecule has 2 fully saturated rings. The molecule has 0 aliphatic heterocycles. The average Bonchev–Trinajstić information content (AvgIpc) is 3.57. The second kappa shape index (κ2) is 10.3. The van der Waals surface area contributed by atoms with Gasteiger partial charge in [-0.1, -0.05) is 39.0 Å². The fourth-order valence-corrected chi connectivity index (χ4v) is 5.97. The molecule has 34 heavy (non-hydrogen) atoms. The molecule has 1 atom stereocenters. The summed E-state index contributed by atoms with van der Waals surface area (Å²) in [6, 6.07) is 8.77. The zero-order valence-corrected chi connectivity index (χ0v) is 20.4. The van der Waals surface area contributed by atoms with Crippen molar-refractivity contribution in [2.45, 2.75) is 95.8 Å². The summed E-state index contributed by atoms with van der Waals surface area (Å²) in [5.41, 5.74) is 1.55. The van der Waals surface area contributed by atoms with E-state index in [0.717, 1.165) is 60.1 Å². The van der Waals surface area contributed by atoms with Crippen molar-refractivity contribution >= 4 is 10.9 Å². The first kappa shape index (κ1) is 23.0. The largest absolute Gasteiger partial charge is 0.497 e. The molecule has 8 nitrogen and oxygen atoms in total. The van der Waals surface area contributed by atoms with Gasteiger partial charge in [0.05, 0.1) is 24.7 Å². The van der Waals surface area contributed by atoms with Gasteiger partial charge in [0.15, 0.2) is 5.82 Å². The third-order valence-electron chi connectivity index (χ3n) is 7.80. The van der Waals surface area contributed by atoms with Gasteiger partial charge in [0.2, 0.25) is 0 Å². The number of tetrazole rings is 1. The van der Waals surface area contributed by atoms with Crippen LogP contribution in [0.3, 0.4) is 0 Å². The van der Waals surface area contributed by atoms with Gasteiger partial charge in [0, 0.05) is 24.2 Å². The summed E-state index contributed by atoms with van der Waals surface area (Å²) in [5, 5.41) is 14.1. The Balaban J connectivity index is 1.49. The summed E-state index contributed by atoms with van der Waals surface area (Å²) in [6.45, 7) is 2.81. The zero-order chi connectivity index (χ0) is 23.5. The van der Waals surface area contributed by atoms with Gasteiger partial charge in [-0.3, -0.25) is 9.69 Å². The van der Waals surface area contributed by atoms with Crippen molar-refractivity contribution in [3.05, 3.63) is 46.0 Å². The van der Waals surface area contributed by atoms with Crippen LogP contribution in [0.15, 0.2) is 29.1 Å². The van der Waals surface area contributed by atoms with E-state index in [0.29, 0.717) is 18.6 Å². The molecule has 0 bridgehead atoms. The standard InChI is InChI=1S/C26H36N6O2/c1-3-24(25-28-29-30-32(25)21-11-5-4-6-12-21)31(20-9-7-8-10-20)17-19-15-18-13-14-22(34-2)16-23(18)27-26(19)33/h13-16,20-21,24H,3-12,17H2,1-2H3,(H,27,33). The number of methoxy groups -OCH3 is 1. The van der Waals surface area contributed by atoms with Gasteiger partial charge < -0.3 is 9.72 Å². The Labute approximate surface area is 200 Å². The minimum Gasteiger partial charge on any atom is -0.497 e. The van der Waals surface area contributed by atoms with Gasteiger partial charge >= 0.3 is 0 Å². The summed E-state index contributed by atoms with van der Waals surface area (Å²) >= 11 is 0. The van der Waals surface area contributed by atoms with Crippen molar-refractivity contribution in [3.8, 4) is 5.75 Å². The van der Waals surface area contributed by atoms with Crippen molar-refractivity contribution in [2.75, 3.05) is 7.11 Å². The van der Waals surface area contributed by atoms with E-state index in [4.69, 9.17) is 4.74 Å². The predicted molar refractivity (Wildman–Crippen MR) is 132 cm³/mol. The van der Waals surface area contributed by atoms with Crippen LogP contribution in [0.2, 0.25) is 0 Å². The van der Waals surface area contributed by atoms with E-state index in [2.05, 4.69) is 37.0 Å². The van der Waals surface area contributed by atoms with Crippen molar-refractivity contribution < 1.29 is 4.74 Å². The van der Waals surface area contributed by atoms with Gasteiger partial charge in [-0.25, -0.2) is 4.68 Å². The number of aromatic nitrogens is 5. The van der Waals surface area contributed by atoms with E-state index in [1.165, 1.54) is 32.1 Å². The average molecular weight is 465 g/mol. The lowest BCUT2D eigenvalue weighted by Gasteiger charge is -2.36. The van der Waals surface area contributed by atoms with E-state index in [1.54, 1.807) is 7.11 Å². The smallest absolute Gasteiger partial charge is 0.252 e. The number of H-pyrrole nitrogens is 1. The maximum Gasteiger partial charge on any atom is 0.252 e. The number of rotatable bonds is 8. The predicted octanol–water partition coefficient (Wildman–Crippen LogP) is 4.92. The van der Waals surface area contributed by atoms with Crippen molar-refractivity contribution in [2.24, 2.45) is 0 Å². The minimum atomic E-state index is -0.0366. The molecule has 0 amide bonds. The molecule has 2 aliphatic rings. The fourth-order valence-electron chi connectivity index (χ4n) is 5.97. The van der Waals surface area contributed by atoms with Gasteiger partial charge in [0.25, 0.3) is 5.56 Å². The molecule has 8 heteroatoms. The molecule has 2 aromatic heterocycles. The number of fused-ring (bicyclic) bond motifs is 1. The molecule has 1 unspecified atom stereocenters. The summed E-state index contributed by atoms with van der Waals surface area (Å²) in [5.74, 6) is 1.70. The normalized spacial score (nSPS) is 18.7. The number of ether oxygens (including phenoxy) is 1. The minimum absolute atomic E-state index is 0.0366. The number of aromatic amines is 1. The molecule has 2 aliphatic carbocycles. The van der Waals surface area contributed by atoms with Gasteiger partial charge in [-0.2, -0.15) is 0 Å². The number of benzene rings is 1. The van der Waals surface area contributed by atoms with Crippen LogP contribution < -0.4 is 10.3 Å². The Bertz CT molecular complexity index is 1160. The number of hydrogen-bond donors (Lipinski definition) is 1. The van der Waals surface area contributed by atoms with Gasteiger partial charge in [0.1, 0.15) is 5.75 Å². The number of pyridine rings is 1. The van der Waals surface area contributed by atoms with Crippen LogP contribution in [0.1, 0.15) is 94.6 Å². The Morgan fingerprint density at radius 3 is 2.62 bits per heavy atom. The quantitative estimate of drug-likeness (QED) is 0.509. The molecule has 0 radical (unpaired) electrons. The fraction of sp³-hybridized carbons (Fsp3) is 0.615. The first-order valence-electron chi connectivity index (χ1n) is 12.9. The van der Waals surface area contributed by atoms with Crippen LogP contribution in [-0.4, -0.2) is 43.2 Å². The van der Waals surface area contributed by atoms with Gasteiger partial charge in [-0.05, 0) is 66.1 Å². The molecule has 2 saturated carbocycles. The lowest BCUT2D eigenvalue weighted by atomic mass is 9.95. The van der Waals surface area contributed by atoms with Crippen molar-refractivity contribution in [1.82, 2.24) is 30.1 Å². The molecule has 5 rings (SSSR count). The van der Waals surface area contributed by atoms with Crippen LogP contribution in [-0.2, 0) is 6.54 Å². The highest BCUT2D eigenvalue weighted by Gasteiger charge is 2.34. The second-order valence-corrected chi connectivity index (χ2v) is 9.89. The first-order valence-corrected chi connectivity index (χ1v) is 12.9. The Kier molecular flexibility index (Phi) is 6.94. The summed E-state index contributed by atoms with van der Waals surface area (Å²) in [4.78, 5) is 18.7. The highest BCUT2D eigenvalue weighted by Crippen LogP contribution is 2.36. The molecule has 182 valence electrons. The van der Waals surface area contributed by atoms with Crippen LogP contribution in [0.5, 0.6) is 5.75 Å². The number of hydrogen-bond acceptors (Lipinski definition) is 6. The molecule has 0 saturated heterocycles. The van der Waals surface area contributed by atoms with Crippen molar-refractivity contribution in [3.63, 3.8) is 0 Å². The highest BCUT2D eigenvalue weighted by atomic mass is 16.5. The second-order valence-electron chi connectivity index (χ2n) is 9.89. The van der Waals surface area contributed by atoms with Crippen LogP contribution >= 0.6 is 0 Å². The maximum atomic E-state index is 13.1. The zero-order valence-electron chi connectivity index (χ0n) is 20.4. The maximum absolute atomic E-state index is 13.1. The summed E-state index contributed by atoms with van der Waals surface area (Å²) in [7, 11) is 1.64. The SMILES string of the molecule is CCC(c1nnnn1C1CCCCC1)N(Cc1cc2ccc(OC)cc2[nH]c1=O)C1CCCC1. The highest BCUT2D eigenvalue weighted by molar-refractivity contribution is 5.80.